The van der Waals surface area contributed by atoms with Gasteiger partial charge < -0.3 is 5.32 Å². The molecular weight excluding hydrogens is 286 g/mol. The van der Waals surface area contributed by atoms with Gasteiger partial charge in [0.2, 0.25) is 5.91 Å². The molecule has 0 radical (unpaired) electrons. The molecule has 0 aliphatic carbocycles. The summed E-state index contributed by atoms with van der Waals surface area (Å²) in [6.07, 6.45) is 6.09. The van der Waals surface area contributed by atoms with Gasteiger partial charge in [-0.1, -0.05) is 48.6 Å². The Morgan fingerprint density at radius 2 is 1.96 bits per heavy atom. The fourth-order valence-corrected chi connectivity index (χ4v) is 2.72. The second-order valence-corrected chi connectivity index (χ2v) is 5.86. The average molecular weight is 313 g/mol. The van der Waals surface area contributed by atoms with Gasteiger partial charge in [0, 0.05) is 39.3 Å². The highest BCUT2D eigenvalue weighted by Gasteiger charge is 2.24. The third-order valence-electron chi connectivity index (χ3n) is 4.23. The normalized spacial score (nSPS) is 18.0. The number of carbonyl (C=O) groups is 1. The second-order valence-electron chi connectivity index (χ2n) is 5.86. The molecule has 4 nitrogen and oxygen atoms in total. The first kappa shape index (κ1) is 17.4. The first-order chi connectivity index (χ1) is 11.2. The highest BCUT2D eigenvalue weighted by Crippen LogP contribution is 2.07. The third-order valence-corrected chi connectivity index (χ3v) is 4.23. The minimum absolute atomic E-state index is 0.0723. The fraction of sp³-hybridized carbons (Fsp3) is 0.421. The highest BCUT2D eigenvalue weighted by molar-refractivity contribution is 5.81. The minimum Gasteiger partial charge on any atom is -0.351 e. The molecule has 1 fully saturated rings. The molecule has 0 saturated carbocycles. The topological polar surface area (TPSA) is 35.6 Å². The van der Waals surface area contributed by atoms with E-state index in [0.29, 0.717) is 6.54 Å². The molecule has 1 amide bonds. The summed E-state index contributed by atoms with van der Waals surface area (Å²) in [5, 5.41) is 2.87. The van der Waals surface area contributed by atoms with Gasteiger partial charge >= 0.3 is 0 Å². The number of amides is 1. The summed E-state index contributed by atoms with van der Waals surface area (Å²) < 4.78 is 0. The molecule has 1 atom stereocenters. The van der Waals surface area contributed by atoms with E-state index in [1.165, 1.54) is 5.56 Å². The zero-order valence-electron chi connectivity index (χ0n) is 13.9. The maximum absolute atomic E-state index is 12.0. The molecule has 1 aromatic rings. The SMILES string of the molecule is C=CCNC(=O)[C@@H](C)N1CCN(C/C=C/c2ccccc2)CC1. The van der Waals surface area contributed by atoms with E-state index < -0.39 is 0 Å². The second kappa shape index (κ2) is 9.28. The van der Waals surface area contributed by atoms with Crippen LogP contribution in [0.5, 0.6) is 0 Å². The molecule has 0 spiro atoms. The van der Waals surface area contributed by atoms with Crippen molar-refractivity contribution in [2.24, 2.45) is 0 Å². The predicted octanol–water partition coefficient (Wildman–Crippen LogP) is 2.01. The van der Waals surface area contributed by atoms with Crippen LogP contribution in [0.25, 0.3) is 6.08 Å². The van der Waals surface area contributed by atoms with Crippen molar-refractivity contribution in [3.8, 4) is 0 Å². The average Bonchev–Trinajstić information content (AvgIpc) is 2.60. The molecule has 1 aliphatic heterocycles. The number of carbonyl (C=O) groups excluding carboxylic acids is 1. The molecule has 124 valence electrons. The monoisotopic (exact) mass is 313 g/mol. The molecule has 0 unspecified atom stereocenters. The Balaban J connectivity index is 1.72. The molecule has 0 aromatic heterocycles. The highest BCUT2D eigenvalue weighted by atomic mass is 16.2. The Hall–Kier alpha value is -1.91. The molecule has 1 heterocycles. The maximum Gasteiger partial charge on any atom is 0.237 e. The van der Waals surface area contributed by atoms with Crippen LogP contribution >= 0.6 is 0 Å². The van der Waals surface area contributed by atoms with Gasteiger partial charge in [0.05, 0.1) is 6.04 Å². The van der Waals surface area contributed by atoms with Gasteiger partial charge in [0.1, 0.15) is 0 Å². The van der Waals surface area contributed by atoms with Crippen LogP contribution in [0.4, 0.5) is 0 Å². The molecular formula is C19H27N3O. The summed E-state index contributed by atoms with van der Waals surface area (Å²) in [6, 6.07) is 10.3. The van der Waals surface area contributed by atoms with Crippen LogP contribution in [-0.4, -0.2) is 61.0 Å². The van der Waals surface area contributed by atoms with Crippen molar-refractivity contribution < 1.29 is 4.79 Å². The lowest BCUT2D eigenvalue weighted by Crippen LogP contribution is -2.53. The van der Waals surface area contributed by atoms with Crippen molar-refractivity contribution in [1.29, 1.82) is 0 Å². The Labute approximate surface area is 139 Å². The van der Waals surface area contributed by atoms with Crippen LogP contribution in [0.1, 0.15) is 12.5 Å². The Morgan fingerprint density at radius 3 is 2.61 bits per heavy atom. The number of nitrogens with one attached hydrogen (secondary N) is 1. The first-order valence-electron chi connectivity index (χ1n) is 8.27. The van der Waals surface area contributed by atoms with E-state index in [-0.39, 0.29) is 11.9 Å². The Bertz CT molecular complexity index is 519. The van der Waals surface area contributed by atoms with Crippen LogP contribution in [0.3, 0.4) is 0 Å². The first-order valence-corrected chi connectivity index (χ1v) is 8.27. The van der Waals surface area contributed by atoms with Gasteiger partial charge in [-0.05, 0) is 12.5 Å². The standard InChI is InChI=1S/C19H27N3O/c1-3-11-20-19(23)17(2)22-15-13-21(14-16-22)12-7-10-18-8-5-4-6-9-18/h3-10,17H,1,11-16H2,2H3,(H,20,23)/b10-7+/t17-/m1/s1. The zero-order valence-corrected chi connectivity index (χ0v) is 13.9. The van der Waals surface area contributed by atoms with Crippen LogP contribution in [0.15, 0.2) is 49.1 Å². The number of benzene rings is 1. The molecule has 1 saturated heterocycles. The summed E-state index contributed by atoms with van der Waals surface area (Å²) in [6.45, 7) is 11.0. The molecule has 0 bridgehead atoms. The minimum atomic E-state index is -0.0723. The van der Waals surface area contributed by atoms with Gasteiger partial charge in [-0.15, -0.1) is 6.58 Å². The van der Waals surface area contributed by atoms with Crippen molar-refractivity contribution in [3.05, 3.63) is 54.6 Å². The quantitative estimate of drug-likeness (QED) is 0.782. The van der Waals surface area contributed by atoms with Gasteiger partial charge in [0.25, 0.3) is 0 Å². The largest absolute Gasteiger partial charge is 0.351 e. The molecule has 1 N–H and O–H groups in total. The van der Waals surface area contributed by atoms with Crippen molar-refractivity contribution in [3.63, 3.8) is 0 Å². The summed E-state index contributed by atoms with van der Waals surface area (Å²) in [5.41, 5.74) is 1.23. The maximum atomic E-state index is 12.0. The van der Waals surface area contributed by atoms with Gasteiger partial charge in [0.15, 0.2) is 0 Å². The number of hydrogen-bond acceptors (Lipinski definition) is 3. The van der Waals surface area contributed by atoms with Crippen molar-refractivity contribution >= 4 is 12.0 Å². The van der Waals surface area contributed by atoms with Gasteiger partial charge in [-0.3, -0.25) is 14.6 Å². The van der Waals surface area contributed by atoms with Crippen molar-refractivity contribution in [1.82, 2.24) is 15.1 Å². The van der Waals surface area contributed by atoms with Gasteiger partial charge in [-0.2, -0.15) is 0 Å². The molecule has 2 rings (SSSR count). The van der Waals surface area contributed by atoms with E-state index in [9.17, 15) is 4.79 Å². The van der Waals surface area contributed by atoms with Crippen LogP contribution in [0, 0.1) is 0 Å². The van der Waals surface area contributed by atoms with E-state index in [1.54, 1.807) is 6.08 Å². The van der Waals surface area contributed by atoms with Crippen LogP contribution < -0.4 is 5.32 Å². The lowest BCUT2D eigenvalue weighted by Gasteiger charge is -2.37. The summed E-state index contributed by atoms with van der Waals surface area (Å²) in [5.74, 6) is 0.0855. The van der Waals surface area contributed by atoms with E-state index in [1.807, 2.05) is 13.0 Å². The zero-order chi connectivity index (χ0) is 16.5. The molecule has 1 aliphatic rings. The number of nitrogens with zero attached hydrogens (tertiary/aromatic N) is 2. The van der Waals surface area contributed by atoms with Crippen LogP contribution in [0.2, 0.25) is 0 Å². The van der Waals surface area contributed by atoms with E-state index in [0.717, 1.165) is 32.7 Å². The number of rotatable bonds is 7. The van der Waals surface area contributed by atoms with Crippen LogP contribution in [-0.2, 0) is 4.79 Å². The van der Waals surface area contributed by atoms with E-state index in [2.05, 4.69) is 58.1 Å². The van der Waals surface area contributed by atoms with E-state index in [4.69, 9.17) is 0 Å². The predicted molar refractivity (Wildman–Crippen MR) is 96.2 cm³/mol. The van der Waals surface area contributed by atoms with Crippen molar-refractivity contribution in [2.45, 2.75) is 13.0 Å². The number of hydrogen-bond donors (Lipinski definition) is 1. The molecule has 4 heteroatoms. The third kappa shape index (κ3) is 5.66. The van der Waals surface area contributed by atoms with Crippen molar-refractivity contribution in [2.75, 3.05) is 39.3 Å². The number of piperazine rings is 1. The smallest absolute Gasteiger partial charge is 0.237 e. The van der Waals surface area contributed by atoms with Gasteiger partial charge in [-0.25, -0.2) is 0 Å². The fourth-order valence-electron chi connectivity index (χ4n) is 2.72. The lowest BCUT2D eigenvalue weighted by atomic mass is 10.2. The molecule has 23 heavy (non-hydrogen) atoms. The molecule has 1 aromatic carbocycles. The Morgan fingerprint density at radius 1 is 1.26 bits per heavy atom. The van der Waals surface area contributed by atoms with E-state index >= 15 is 0 Å². The summed E-state index contributed by atoms with van der Waals surface area (Å²) in [7, 11) is 0. The lowest BCUT2D eigenvalue weighted by molar-refractivity contribution is -0.126. The summed E-state index contributed by atoms with van der Waals surface area (Å²) in [4.78, 5) is 16.7. The Kier molecular flexibility index (Phi) is 7.04. The summed E-state index contributed by atoms with van der Waals surface area (Å²) >= 11 is 0.